The van der Waals surface area contributed by atoms with Crippen LogP contribution in [-0.2, 0) is 14.8 Å². The maximum Gasteiger partial charge on any atom is 0.211 e. The van der Waals surface area contributed by atoms with Gasteiger partial charge < -0.3 is 10.5 Å². The minimum Gasteiger partial charge on any atom is -0.377 e. The Morgan fingerprint density at radius 3 is 2.67 bits per heavy atom. The maximum atomic E-state index is 11.5. The van der Waals surface area contributed by atoms with E-state index < -0.39 is 10.0 Å². The van der Waals surface area contributed by atoms with Gasteiger partial charge in [-0.2, -0.15) is 0 Å². The van der Waals surface area contributed by atoms with Crippen molar-refractivity contribution in [3.05, 3.63) is 0 Å². The van der Waals surface area contributed by atoms with Gasteiger partial charge in [0.15, 0.2) is 0 Å². The fraction of sp³-hybridized carbons (Fsp3) is 1.00. The fourth-order valence-corrected chi connectivity index (χ4v) is 3.28. The molecule has 18 heavy (non-hydrogen) atoms. The lowest BCUT2D eigenvalue weighted by Crippen LogP contribution is -2.41. The number of hydrogen-bond donors (Lipinski definition) is 1. The van der Waals surface area contributed by atoms with E-state index in [0.29, 0.717) is 25.6 Å². The van der Waals surface area contributed by atoms with Crippen molar-refractivity contribution in [1.29, 1.82) is 0 Å². The van der Waals surface area contributed by atoms with Gasteiger partial charge in [0.1, 0.15) is 0 Å². The van der Waals surface area contributed by atoms with E-state index in [0.717, 1.165) is 19.3 Å². The van der Waals surface area contributed by atoms with Crippen molar-refractivity contribution < 1.29 is 13.2 Å². The van der Waals surface area contributed by atoms with Gasteiger partial charge in [0, 0.05) is 19.1 Å². The normalized spacial score (nSPS) is 24.4. The van der Waals surface area contributed by atoms with Gasteiger partial charge in [-0.1, -0.05) is 0 Å². The summed E-state index contributed by atoms with van der Waals surface area (Å²) < 4.78 is 30.1. The average Bonchev–Trinajstić information content (AvgIpc) is 2.25. The molecule has 0 aromatic carbocycles. The Balaban J connectivity index is 2.38. The average molecular weight is 278 g/mol. The molecule has 2 atom stereocenters. The Bertz CT molecular complexity index is 343. The van der Waals surface area contributed by atoms with Crippen molar-refractivity contribution >= 4 is 10.0 Å². The molecule has 5 nitrogen and oxygen atoms in total. The monoisotopic (exact) mass is 278 g/mol. The van der Waals surface area contributed by atoms with E-state index in [2.05, 4.69) is 0 Å². The zero-order valence-electron chi connectivity index (χ0n) is 11.6. The van der Waals surface area contributed by atoms with Crippen LogP contribution in [0.5, 0.6) is 0 Å². The summed E-state index contributed by atoms with van der Waals surface area (Å²) in [5, 5.41) is 0. The zero-order valence-corrected chi connectivity index (χ0v) is 12.4. The van der Waals surface area contributed by atoms with Gasteiger partial charge in [-0.05, 0) is 39.0 Å². The Morgan fingerprint density at radius 1 is 1.44 bits per heavy atom. The largest absolute Gasteiger partial charge is 0.377 e. The molecule has 0 radical (unpaired) electrons. The zero-order chi connectivity index (χ0) is 13.8. The molecule has 0 aliphatic carbocycles. The molecule has 1 aliphatic rings. The molecule has 6 heteroatoms. The van der Waals surface area contributed by atoms with Crippen molar-refractivity contribution in [3.63, 3.8) is 0 Å². The molecule has 108 valence electrons. The summed E-state index contributed by atoms with van der Waals surface area (Å²) in [6.45, 7) is 5.77. The molecule has 0 saturated carbocycles. The van der Waals surface area contributed by atoms with Crippen molar-refractivity contribution in [2.75, 3.05) is 26.0 Å². The summed E-state index contributed by atoms with van der Waals surface area (Å²) in [4.78, 5) is 0. The van der Waals surface area contributed by atoms with Crippen molar-refractivity contribution in [3.8, 4) is 0 Å². The van der Waals surface area contributed by atoms with Crippen LogP contribution in [0.15, 0.2) is 0 Å². The summed E-state index contributed by atoms with van der Waals surface area (Å²) in [5.74, 6) is 0.360. The molecule has 0 amide bonds. The summed E-state index contributed by atoms with van der Waals surface area (Å²) in [6.07, 6.45) is 4.28. The highest BCUT2D eigenvalue weighted by molar-refractivity contribution is 7.88. The molecule has 1 fully saturated rings. The molecule has 2 N–H and O–H groups in total. The topological polar surface area (TPSA) is 72.6 Å². The van der Waals surface area contributed by atoms with Gasteiger partial charge in [-0.15, -0.1) is 0 Å². The van der Waals surface area contributed by atoms with Crippen LogP contribution >= 0.6 is 0 Å². The SMILES string of the molecule is CC(C)OCC(N)CC1CCCN(S(C)(=O)=O)C1. The first-order valence-corrected chi connectivity index (χ1v) is 8.46. The van der Waals surface area contributed by atoms with Crippen molar-refractivity contribution in [1.82, 2.24) is 4.31 Å². The number of rotatable bonds is 6. The second-order valence-electron chi connectivity index (χ2n) is 5.51. The second-order valence-corrected chi connectivity index (χ2v) is 7.49. The Kier molecular flexibility index (Phi) is 6.04. The fourth-order valence-electron chi connectivity index (χ4n) is 2.33. The summed E-state index contributed by atoms with van der Waals surface area (Å²) >= 11 is 0. The Morgan fingerprint density at radius 2 is 2.11 bits per heavy atom. The number of nitrogens with two attached hydrogens (primary N) is 1. The van der Waals surface area contributed by atoms with E-state index in [1.54, 1.807) is 4.31 Å². The van der Waals surface area contributed by atoms with Crippen LogP contribution in [0.4, 0.5) is 0 Å². The lowest BCUT2D eigenvalue weighted by molar-refractivity contribution is 0.0617. The molecule has 0 bridgehead atoms. The van der Waals surface area contributed by atoms with E-state index in [1.807, 2.05) is 13.8 Å². The van der Waals surface area contributed by atoms with E-state index in [9.17, 15) is 8.42 Å². The van der Waals surface area contributed by atoms with Gasteiger partial charge >= 0.3 is 0 Å². The standard InChI is InChI=1S/C12H26N2O3S/c1-10(2)17-9-12(13)7-11-5-4-6-14(8-11)18(3,15)16/h10-12H,4-9,13H2,1-3H3. The molecular formula is C12H26N2O3S. The lowest BCUT2D eigenvalue weighted by atomic mass is 9.93. The first kappa shape index (κ1) is 15.9. The molecule has 1 heterocycles. The number of piperidine rings is 1. The Labute approximate surface area is 111 Å². The molecule has 1 saturated heterocycles. The summed E-state index contributed by atoms with van der Waals surface area (Å²) in [6, 6.07) is -0.00286. The smallest absolute Gasteiger partial charge is 0.211 e. The van der Waals surface area contributed by atoms with Crippen LogP contribution in [0.1, 0.15) is 33.1 Å². The van der Waals surface area contributed by atoms with Crippen LogP contribution in [0.3, 0.4) is 0 Å². The number of nitrogens with zero attached hydrogens (tertiary/aromatic N) is 1. The van der Waals surface area contributed by atoms with Crippen molar-refractivity contribution in [2.45, 2.75) is 45.3 Å². The molecule has 1 aliphatic heterocycles. The molecule has 0 aromatic rings. The molecular weight excluding hydrogens is 252 g/mol. The first-order valence-electron chi connectivity index (χ1n) is 6.61. The number of sulfonamides is 1. The van der Waals surface area contributed by atoms with Gasteiger partial charge in [-0.25, -0.2) is 12.7 Å². The van der Waals surface area contributed by atoms with E-state index in [4.69, 9.17) is 10.5 Å². The highest BCUT2D eigenvalue weighted by Gasteiger charge is 2.26. The van der Waals surface area contributed by atoms with E-state index in [1.165, 1.54) is 6.26 Å². The third-order valence-corrected chi connectivity index (χ3v) is 4.50. The minimum absolute atomic E-state index is 0.00286. The predicted molar refractivity (Wildman–Crippen MR) is 72.8 cm³/mol. The third-order valence-electron chi connectivity index (χ3n) is 3.23. The van der Waals surface area contributed by atoms with Crippen molar-refractivity contribution in [2.24, 2.45) is 11.7 Å². The van der Waals surface area contributed by atoms with Crippen LogP contribution in [0, 0.1) is 5.92 Å². The molecule has 0 spiro atoms. The Hall–Kier alpha value is -0.170. The lowest BCUT2D eigenvalue weighted by Gasteiger charge is -2.32. The predicted octanol–water partition coefficient (Wildman–Crippen LogP) is 0.800. The second kappa shape index (κ2) is 6.84. The minimum atomic E-state index is -3.06. The summed E-state index contributed by atoms with van der Waals surface area (Å²) in [7, 11) is -3.06. The maximum absolute atomic E-state index is 11.5. The third kappa shape index (κ3) is 5.65. The van der Waals surface area contributed by atoms with Crippen LogP contribution in [0.2, 0.25) is 0 Å². The van der Waals surface area contributed by atoms with Crippen LogP contribution < -0.4 is 5.73 Å². The van der Waals surface area contributed by atoms with Gasteiger partial charge in [0.25, 0.3) is 0 Å². The van der Waals surface area contributed by atoms with Gasteiger partial charge in [0.05, 0.1) is 19.0 Å². The summed E-state index contributed by atoms with van der Waals surface area (Å²) in [5.41, 5.74) is 6.01. The first-order chi connectivity index (χ1) is 8.29. The van der Waals surface area contributed by atoms with Crippen LogP contribution in [-0.4, -0.2) is 50.8 Å². The van der Waals surface area contributed by atoms with Gasteiger partial charge in [0.2, 0.25) is 10.0 Å². The quantitative estimate of drug-likeness (QED) is 0.780. The van der Waals surface area contributed by atoms with Gasteiger partial charge in [-0.3, -0.25) is 0 Å². The highest BCUT2D eigenvalue weighted by atomic mass is 32.2. The van der Waals surface area contributed by atoms with E-state index in [-0.39, 0.29) is 12.1 Å². The molecule has 0 aromatic heterocycles. The van der Waals surface area contributed by atoms with E-state index >= 15 is 0 Å². The van der Waals surface area contributed by atoms with Crippen LogP contribution in [0.25, 0.3) is 0 Å². The number of ether oxygens (including phenoxy) is 1. The molecule has 1 rings (SSSR count). The highest BCUT2D eigenvalue weighted by Crippen LogP contribution is 2.22. The molecule has 2 unspecified atom stereocenters. The number of hydrogen-bond acceptors (Lipinski definition) is 4.